The second-order valence-electron chi connectivity index (χ2n) is 4.70. The number of rotatable bonds is 7. The van der Waals surface area contributed by atoms with Crippen LogP contribution in [-0.2, 0) is 15.3 Å². The van der Waals surface area contributed by atoms with Gasteiger partial charge < -0.3 is 10.0 Å². The van der Waals surface area contributed by atoms with Crippen molar-refractivity contribution < 1.29 is 14.7 Å². The van der Waals surface area contributed by atoms with Gasteiger partial charge in [-0.1, -0.05) is 11.6 Å². The number of carbonyl (C=O) groups is 2. The zero-order chi connectivity index (χ0) is 15.3. The average molecular weight is 336 g/mol. The third-order valence-corrected chi connectivity index (χ3v) is 5.29. The quantitative estimate of drug-likeness (QED) is 0.830. The van der Waals surface area contributed by atoms with E-state index in [-0.39, 0.29) is 11.7 Å². The van der Waals surface area contributed by atoms with Crippen LogP contribution in [0.2, 0.25) is 4.34 Å². The molecule has 0 saturated carbocycles. The first kappa shape index (κ1) is 17.3. The van der Waals surface area contributed by atoms with Crippen LogP contribution in [0, 0.1) is 0 Å². The number of amides is 1. The molecular weight excluding hydrogens is 318 g/mol. The summed E-state index contributed by atoms with van der Waals surface area (Å²) in [4.78, 5) is 25.8. The van der Waals surface area contributed by atoms with E-state index in [2.05, 4.69) is 0 Å². The molecule has 0 aromatic carbocycles. The van der Waals surface area contributed by atoms with Gasteiger partial charge in [-0.05, 0) is 32.9 Å². The van der Waals surface area contributed by atoms with Crippen molar-refractivity contribution in [1.29, 1.82) is 0 Å². The highest BCUT2D eigenvalue weighted by molar-refractivity contribution is 7.99. The van der Waals surface area contributed by atoms with Crippen LogP contribution in [0.5, 0.6) is 0 Å². The molecule has 1 N–H and O–H groups in total. The normalized spacial score (nSPS) is 11.4. The predicted octanol–water partition coefficient (Wildman–Crippen LogP) is 3.35. The first-order chi connectivity index (χ1) is 9.28. The number of halogens is 1. The van der Waals surface area contributed by atoms with Crippen LogP contribution in [0.25, 0.3) is 0 Å². The Morgan fingerprint density at radius 1 is 1.45 bits per heavy atom. The van der Waals surface area contributed by atoms with Crippen molar-refractivity contribution in [1.82, 2.24) is 4.90 Å². The molecule has 112 valence electrons. The summed E-state index contributed by atoms with van der Waals surface area (Å²) < 4.78 is 0.731. The van der Waals surface area contributed by atoms with E-state index in [0.717, 1.165) is 9.21 Å². The summed E-state index contributed by atoms with van der Waals surface area (Å²) in [5, 5.41) is 9.18. The fourth-order valence-electron chi connectivity index (χ4n) is 1.75. The van der Waals surface area contributed by atoms with Crippen molar-refractivity contribution in [2.45, 2.75) is 32.1 Å². The Balaban J connectivity index is 2.54. The fourth-order valence-corrected chi connectivity index (χ4v) is 3.84. The smallest absolute Gasteiger partial charge is 0.329 e. The molecule has 1 amide bonds. The minimum Gasteiger partial charge on any atom is -0.480 e. The van der Waals surface area contributed by atoms with Crippen LogP contribution >= 0.6 is 34.7 Å². The molecule has 0 atom stereocenters. The van der Waals surface area contributed by atoms with E-state index < -0.39 is 11.5 Å². The lowest BCUT2D eigenvalue weighted by molar-refractivity contribution is -0.155. The minimum atomic E-state index is -1.18. The molecule has 0 aliphatic carbocycles. The number of hydrogen-bond acceptors (Lipinski definition) is 4. The molecule has 0 aliphatic heterocycles. The van der Waals surface area contributed by atoms with Crippen LogP contribution in [0.3, 0.4) is 0 Å². The maximum absolute atomic E-state index is 12.1. The van der Waals surface area contributed by atoms with Gasteiger partial charge >= 0.3 is 5.97 Å². The van der Waals surface area contributed by atoms with Gasteiger partial charge in [0.25, 0.3) is 0 Å². The van der Waals surface area contributed by atoms with Crippen LogP contribution in [0.15, 0.2) is 12.1 Å². The van der Waals surface area contributed by atoms with Crippen molar-refractivity contribution >= 4 is 46.6 Å². The van der Waals surface area contributed by atoms with Gasteiger partial charge in [0.1, 0.15) is 5.54 Å². The van der Waals surface area contributed by atoms with Crippen LogP contribution in [0.4, 0.5) is 0 Å². The molecule has 20 heavy (non-hydrogen) atoms. The van der Waals surface area contributed by atoms with Gasteiger partial charge in [0.15, 0.2) is 0 Å². The summed E-state index contributed by atoms with van der Waals surface area (Å²) >= 11 is 8.79. The molecule has 7 heteroatoms. The molecule has 0 spiro atoms. The zero-order valence-electron chi connectivity index (χ0n) is 11.7. The van der Waals surface area contributed by atoms with Crippen molar-refractivity contribution in [3.8, 4) is 0 Å². The lowest BCUT2D eigenvalue weighted by Gasteiger charge is -2.34. The molecule has 4 nitrogen and oxygen atoms in total. The number of hydrogen-bond donors (Lipinski definition) is 1. The topological polar surface area (TPSA) is 57.6 Å². The largest absolute Gasteiger partial charge is 0.480 e. The van der Waals surface area contributed by atoms with Gasteiger partial charge in [-0.15, -0.1) is 23.1 Å². The Hall–Kier alpha value is -0.720. The number of nitrogens with zero attached hydrogens (tertiary/aromatic N) is 1. The molecule has 0 aliphatic rings. The van der Waals surface area contributed by atoms with E-state index in [4.69, 9.17) is 11.6 Å². The molecular formula is C13H18ClNO3S2. The third kappa shape index (κ3) is 4.40. The Bertz CT molecular complexity index is 488. The second kappa shape index (κ2) is 7.33. The number of aliphatic carboxylic acids is 1. The zero-order valence-corrected chi connectivity index (χ0v) is 14.1. The maximum Gasteiger partial charge on any atom is 0.329 e. The molecule has 1 aromatic rings. The number of carboxylic acid groups (broad SMARTS) is 1. The van der Waals surface area contributed by atoms with E-state index in [9.17, 15) is 14.7 Å². The highest BCUT2D eigenvalue weighted by Crippen LogP contribution is 2.25. The molecule has 1 aromatic heterocycles. The van der Waals surface area contributed by atoms with Gasteiger partial charge in [-0.25, -0.2) is 4.79 Å². The molecule has 0 unspecified atom stereocenters. The SMILES string of the molecule is CCN(C(=O)CSCc1ccc(Cl)s1)C(C)(C)C(=O)O. The van der Waals surface area contributed by atoms with Crippen molar-refractivity contribution in [3.05, 3.63) is 21.3 Å². The van der Waals surface area contributed by atoms with Crippen LogP contribution in [0.1, 0.15) is 25.6 Å². The fraction of sp³-hybridized carbons (Fsp3) is 0.538. The average Bonchev–Trinajstić information content (AvgIpc) is 2.75. The van der Waals surface area contributed by atoms with E-state index in [1.807, 2.05) is 12.1 Å². The van der Waals surface area contributed by atoms with Crippen LogP contribution < -0.4 is 0 Å². The van der Waals surface area contributed by atoms with Crippen molar-refractivity contribution in [2.75, 3.05) is 12.3 Å². The molecule has 0 fully saturated rings. The number of likely N-dealkylation sites (N-methyl/N-ethyl adjacent to an activating group) is 1. The number of thiophene rings is 1. The van der Waals surface area contributed by atoms with Crippen LogP contribution in [-0.4, -0.2) is 39.7 Å². The van der Waals surface area contributed by atoms with E-state index in [0.29, 0.717) is 12.3 Å². The standard InChI is InChI=1S/C13H18ClNO3S2/c1-4-15(13(2,3)12(17)18)11(16)8-19-7-9-5-6-10(14)20-9/h5-6H,4,7-8H2,1-3H3,(H,17,18). The Morgan fingerprint density at radius 2 is 2.10 bits per heavy atom. The summed E-state index contributed by atoms with van der Waals surface area (Å²) in [6.07, 6.45) is 0. The summed E-state index contributed by atoms with van der Waals surface area (Å²) in [5.74, 6) is -0.191. The molecule has 0 saturated heterocycles. The molecule has 0 bridgehead atoms. The number of carboxylic acids is 1. The van der Waals surface area contributed by atoms with Gasteiger partial charge in [-0.2, -0.15) is 0 Å². The number of carbonyl (C=O) groups excluding carboxylic acids is 1. The van der Waals surface area contributed by atoms with Crippen molar-refractivity contribution in [2.24, 2.45) is 0 Å². The Kier molecular flexibility index (Phi) is 6.36. The van der Waals surface area contributed by atoms with Gasteiger partial charge in [0.2, 0.25) is 5.91 Å². The summed E-state index contributed by atoms with van der Waals surface area (Å²) in [6.45, 7) is 5.25. The summed E-state index contributed by atoms with van der Waals surface area (Å²) in [7, 11) is 0. The van der Waals surface area contributed by atoms with E-state index >= 15 is 0 Å². The maximum atomic E-state index is 12.1. The lowest BCUT2D eigenvalue weighted by atomic mass is 10.0. The Morgan fingerprint density at radius 3 is 2.55 bits per heavy atom. The summed E-state index contributed by atoms with van der Waals surface area (Å²) in [5.41, 5.74) is -1.18. The van der Waals surface area contributed by atoms with Crippen molar-refractivity contribution in [3.63, 3.8) is 0 Å². The summed E-state index contributed by atoms with van der Waals surface area (Å²) in [6, 6.07) is 3.76. The molecule has 0 radical (unpaired) electrons. The van der Waals surface area contributed by atoms with Gasteiger partial charge in [-0.3, -0.25) is 4.79 Å². The molecule has 1 heterocycles. The Labute approximate surface area is 132 Å². The lowest BCUT2D eigenvalue weighted by Crippen LogP contribution is -2.53. The predicted molar refractivity (Wildman–Crippen MR) is 84.6 cm³/mol. The highest BCUT2D eigenvalue weighted by Gasteiger charge is 2.36. The minimum absolute atomic E-state index is 0.160. The van der Waals surface area contributed by atoms with Gasteiger partial charge in [0, 0.05) is 17.2 Å². The first-order valence-corrected chi connectivity index (χ1v) is 8.49. The van der Waals surface area contributed by atoms with Gasteiger partial charge in [0.05, 0.1) is 10.1 Å². The highest BCUT2D eigenvalue weighted by atomic mass is 35.5. The number of thioether (sulfide) groups is 1. The van der Waals surface area contributed by atoms with E-state index in [1.54, 1.807) is 20.8 Å². The van der Waals surface area contributed by atoms with E-state index in [1.165, 1.54) is 28.0 Å². The second-order valence-corrected chi connectivity index (χ2v) is 7.49. The first-order valence-electron chi connectivity index (χ1n) is 6.14. The monoisotopic (exact) mass is 335 g/mol. The molecule has 1 rings (SSSR count). The third-order valence-electron chi connectivity index (χ3n) is 2.91.